The molecule has 3 aromatic rings. The number of fused-ring (bicyclic) bond motifs is 2. The van der Waals surface area contributed by atoms with Crippen molar-refractivity contribution in [3.8, 4) is 0 Å². The molecule has 0 aliphatic heterocycles. The monoisotopic (exact) mass is 423 g/mol. The van der Waals surface area contributed by atoms with E-state index in [4.69, 9.17) is 5.73 Å². The Morgan fingerprint density at radius 1 is 0.833 bits per heavy atom. The van der Waals surface area contributed by atoms with Crippen LogP contribution in [0.1, 0.15) is 31.8 Å². The molecule has 0 radical (unpaired) electrons. The Bertz CT molecular complexity index is 1330. The maximum absolute atomic E-state index is 13.3. The van der Waals surface area contributed by atoms with Crippen molar-refractivity contribution in [1.29, 1.82) is 0 Å². The van der Waals surface area contributed by atoms with Gasteiger partial charge in [0.2, 0.25) is 0 Å². The summed E-state index contributed by atoms with van der Waals surface area (Å²) in [5.41, 5.74) is 7.37. The minimum absolute atomic E-state index is 0.0187. The van der Waals surface area contributed by atoms with Gasteiger partial charge in [-0.05, 0) is 30.3 Å². The normalized spacial score (nSPS) is 12.9. The number of carbonyl (C=O) groups excluding carboxylic acids is 2. The fourth-order valence-corrected chi connectivity index (χ4v) is 4.22. The van der Waals surface area contributed by atoms with Gasteiger partial charge in [-0.3, -0.25) is 14.1 Å². The van der Waals surface area contributed by atoms with Gasteiger partial charge in [-0.1, -0.05) is 24.3 Å². The molecule has 0 saturated heterocycles. The average Bonchev–Trinajstić information content (AvgIpc) is 2.72. The molecule has 0 fully saturated rings. The molecule has 3 aromatic carbocycles. The van der Waals surface area contributed by atoms with E-state index >= 15 is 0 Å². The Morgan fingerprint density at radius 3 is 1.93 bits per heavy atom. The van der Waals surface area contributed by atoms with Crippen LogP contribution >= 0.6 is 0 Å². The van der Waals surface area contributed by atoms with E-state index in [1.807, 2.05) is 0 Å². The number of nitrogen functional groups attached to an aromatic ring is 1. The van der Waals surface area contributed by atoms with Crippen LogP contribution in [0.25, 0.3) is 0 Å². The summed E-state index contributed by atoms with van der Waals surface area (Å²) in [6, 6.07) is 13.6. The second-order valence-electron chi connectivity index (χ2n) is 6.72. The fourth-order valence-electron chi connectivity index (χ4n) is 3.54. The quantitative estimate of drug-likeness (QED) is 0.290. The summed E-state index contributed by atoms with van der Waals surface area (Å²) in [5.74, 6) is -0.691. The first-order valence-electron chi connectivity index (χ1n) is 8.89. The topological polar surface area (TPSA) is 139 Å². The Kier molecular flexibility index (Phi) is 4.56. The molecule has 152 valence electrons. The number of carbonyl (C=O) groups is 2. The lowest BCUT2D eigenvalue weighted by Crippen LogP contribution is -2.23. The van der Waals surface area contributed by atoms with Gasteiger partial charge in [0.1, 0.15) is 4.90 Å². The van der Waals surface area contributed by atoms with Gasteiger partial charge in [-0.25, -0.2) is 0 Å². The maximum Gasteiger partial charge on any atom is 0.296 e. The molecule has 0 unspecified atom stereocenters. The van der Waals surface area contributed by atoms with Gasteiger partial charge >= 0.3 is 0 Å². The predicted molar refractivity (Wildman–Crippen MR) is 113 cm³/mol. The van der Waals surface area contributed by atoms with Crippen LogP contribution in [0, 0.1) is 0 Å². The Morgan fingerprint density at radius 2 is 1.37 bits per heavy atom. The summed E-state index contributed by atoms with van der Waals surface area (Å²) in [5, 5.41) is 5.79. The van der Waals surface area contributed by atoms with Crippen LogP contribution in [-0.2, 0) is 10.1 Å². The molecule has 9 heteroatoms. The molecule has 0 atom stereocenters. The molecule has 0 amide bonds. The van der Waals surface area contributed by atoms with Crippen LogP contribution in [0.2, 0.25) is 0 Å². The number of hydrogen-bond donors (Lipinski definition) is 4. The van der Waals surface area contributed by atoms with Crippen molar-refractivity contribution in [3.05, 3.63) is 76.9 Å². The number of ketones is 2. The van der Waals surface area contributed by atoms with Crippen LogP contribution in [0.3, 0.4) is 0 Å². The molecular formula is C21H17N3O5S. The van der Waals surface area contributed by atoms with Gasteiger partial charge in [0.25, 0.3) is 10.1 Å². The first-order chi connectivity index (χ1) is 14.2. The van der Waals surface area contributed by atoms with E-state index in [2.05, 4.69) is 10.6 Å². The van der Waals surface area contributed by atoms with Gasteiger partial charge in [-0.15, -0.1) is 0 Å². The van der Waals surface area contributed by atoms with E-state index in [1.165, 1.54) is 12.1 Å². The molecule has 1 aliphatic carbocycles. The Balaban J connectivity index is 1.93. The summed E-state index contributed by atoms with van der Waals surface area (Å²) in [4.78, 5) is 26.0. The lowest BCUT2D eigenvalue weighted by atomic mass is 9.82. The number of hydrogen-bond acceptors (Lipinski definition) is 7. The Hall–Kier alpha value is -3.69. The summed E-state index contributed by atoms with van der Waals surface area (Å²) in [7, 11) is -2.95. The Labute approximate surface area is 172 Å². The number of rotatable bonds is 4. The molecule has 0 bridgehead atoms. The fraction of sp³-hybridized carbons (Fsp3) is 0.0476. The van der Waals surface area contributed by atoms with E-state index in [0.29, 0.717) is 11.3 Å². The van der Waals surface area contributed by atoms with Crippen molar-refractivity contribution in [2.24, 2.45) is 0 Å². The third-order valence-corrected chi connectivity index (χ3v) is 5.79. The second-order valence-corrected chi connectivity index (χ2v) is 8.11. The van der Waals surface area contributed by atoms with Gasteiger partial charge in [0.15, 0.2) is 11.6 Å². The van der Waals surface area contributed by atoms with Gasteiger partial charge in [0, 0.05) is 29.5 Å². The smallest absolute Gasteiger partial charge is 0.296 e. The molecular weight excluding hydrogens is 406 g/mol. The molecule has 0 heterocycles. The molecule has 0 spiro atoms. The standard InChI is InChI=1S/C21H17N3O5S/c1-23-15-8-9-16(24-14-7-6-11(22)10-17(14)30(27,28)29)19-18(15)20(25)12-4-2-3-5-13(12)21(19)26/h2-10,23-24H,22H2,1H3,(H,27,28,29). The van der Waals surface area contributed by atoms with Crippen molar-refractivity contribution >= 4 is 44.4 Å². The van der Waals surface area contributed by atoms with Crippen LogP contribution in [0.5, 0.6) is 0 Å². The highest BCUT2D eigenvalue weighted by Gasteiger charge is 2.34. The number of nitrogens with two attached hydrogens (primary N) is 1. The molecule has 1 aliphatic rings. The van der Waals surface area contributed by atoms with E-state index in [9.17, 15) is 22.6 Å². The van der Waals surface area contributed by atoms with Crippen LogP contribution in [-0.4, -0.2) is 31.6 Å². The van der Waals surface area contributed by atoms with E-state index in [0.717, 1.165) is 6.07 Å². The SMILES string of the molecule is CNc1ccc(Nc2ccc(N)cc2S(=O)(=O)O)c2c1C(=O)c1ccccc1C2=O. The van der Waals surface area contributed by atoms with Crippen molar-refractivity contribution in [1.82, 2.24) is 0 Å². The maximum atomic E-state index is 13.3. The number of anilines is 4. The van der Waals surface area contributed by atoms with Crippen LogP contribution < -0.4 is 16.4 Å². The highest BCUT2D eigenvalue weighted by Crippen LogP contribution is 2.38. The van der Waals surface area contributed by atoms with Gasteiger partial charge < -0.3 is 16.4 Å². The lowest BCUT2D eigenvalue weighted by molar-refractivity contribution is 0.0980. The van der Waals surface area contributed by atoms with Crippen LogP contribution in [0.15, 0.2) is 59.5 Å². The molecule has 4 rings (SSSR count). The summed E-state index contributed by atoms with van der Waals surface area (Å²) in [6.45, 7) is 0. The van der Waals surface area contributed by atoms with Gasteiger partial charge in [0.05, 0.1) is 22.5 Å². The molecule has 30 heavy (non-hydrogen) atoms. The van der Waals surface area contributed by atoms with Crippen LogP contribution in [0.4, 0.5) is 22.7 Å². The molecule has 5 N–H and O–H groups in total. The highest BCUT2D eigenvalue weighted by atomic mass is 32.2. The molecule has 0 saturated carbocycles. The average molecular weight is 423 g/mol. The number of benzene rings is 3. The molecule has 8 nitrogen and oxygen atoms in total. The number of nitrogens with one attached hydrogen (secondary N) is 2. The minimum atomic E-state index is -4.59. The van der Waals surface area contributed by atoms with E-state index in [1.54, 1.807) is 43.4 Å². The van der Waals surface area contributed by atoms with Gasteiger partial charge in [-0.2, -0.15) is 8.42 Å². The zero-order valence-corrected chi connectivity index (χ0v) is 16.6. The highest BCUT2D eigenvalue weighted by molar-refractivity contribution is 7.86. The minimum Gasteiger partial charge on any atom is -0.399 e. The van der Waals surface area contributed by atoms with E-state index < -0.39 is 15.0 Å². The molecule has 0 aromatic heterocycles. The van der Waals surface area contributed by atoms with E-state index in [-0.39, 0.29) is 45.3 Å². The van der Waals surface area contributed by atoms with Crippen molar-refractivity contribution < 1.29 is 22.6 Å². The summed E-state index contributed by atoms with van der Waals surface area (Å²) in [6.07, 6.45) is 0. The first kappa shape index (κ1) is 19.6. The summed E-state index contributed by atoms with van der Waals surface area (Å²) < 4.78 is 33.2. The zero-order chi connectivity index (χ0) is 21.6. The van der Waals surface area contributed by atoms with Crippen molar-refractivity contribution in [2.45, 2.75) is 4.90 Å². The largest absolute Gasteiger partial charge is 0.399 e. The third kappa shape index (κ3) is 3.10. The predicted octanol–water partition coefficient (Wildman–Crippen LogP) is 3.08. The lowest BCUT2D eigenvalue weighted by Gasteiger charge is -2.23. The second kappa shape index (κ2) is 6.97. The van der Waals surface area contributed by atoms with Crippen molar-refractivity contribution in [2.75, 3.05) is 23.4 Å². The van der Waals surface area contributed by atoms with Crippen molar-refractivity contribution in [3.63, 3.8) is 0 Å². The first-order valence-corrected chi connectivity index (χ1v) is 10.3. The summed E-state index contributed by atoms with van der Waals surface area (Å²) >= 11 is 0. The third-order valence-electron chi connectivity index (χ3n) is 4.90. The zero-order valence-electron chi connectivity index (χ0n) is 15.8.